The molecule has 0 saturated heterocycles. The van der Waals surface area contributed by atoms with Gasteiger partial charge < -0.3 is 10.2 Å². The lowest BCUT2D eigenvalue weighted by Crippen LogP contribution is -2.21. The number of carbonyl (C=O) groups excluding carboxylic acids is 1. The van der Waals surface area contributed by atoms with E-state index in [1.54, 1.807) is 0 Å². The Bertz CT molecular complexity index is 425. The molecule has 1 saturated carbocycles. The summed E-state index contributed by atoms with van der Waals surface area (Å²) in [7, 11) is 0. The molecule has 0 radical (unpaired) electrons. The van der Waals surface area contributed by atoms with Crippen molar-refractivity contribution < 1.29 is 19.8 Å². The number of allylic oxidation sites excluding steroid dienone is 1. The van der Waals surface area contributed by atoms with E-state index in [1.165, 1.54) is 0 Å². The fourth-order valence-corrected chi connectivity index (χ4v) is 3.48. The predicted octanol–water partition coefficient (Wildman–Crippen LogP) is 4.50. The van der Waals surface area contributed by atoms with Crippen LogP contribution in [0.1, 0.15) is 84.5 Å². The minimum atomic E-state index is -0.775. The van der Waals surface area contributed by atoms with Crippen LogP contribution in [0.15, 0.2) is 12.2 Å². The molecule has 1 aliphatic carbocycles. The van der Waals surface area contributed by atoms with Gasteiger partial charge in [-0.05, 0) is 38.5 Å². The number of hydrogen-bond donors (Lipinski definition) is 2. The van der Waals surface area contributed by atoms with Crippen LogP contribution in [0.3, 0.4) is 0 Å². The zero-order valence-corrected chi connectivity index (χ0v) is 15.3. The van der Waals surface area contributed by atoms with Crippen LogP contribution in [0.5, 0.6) is 0 Å². The van der Waals surface area contributed by atoms with E-state index in [1.807, 2.05) is 13.0 Å². The SMILES string of the molecule is CCCCC(C)(O)C=C[C@@H]1CCC(=O)[C@H]1CCCCCCC(=O)O. The highest BCUT2D eigenvalue weighted by molar-refractivity contribution is 5.83. The molecule has 1 rings (SSSR count). The summed E-state index contributed by atoms with van der Waals surface area (Å²) >= 11 is 0. The second-order valence-corrected chi connectivity index (χ2v) is 7.44. The van der Waals surface area contributed by atoms with Gasteiger partial charge in [-0.3, -0.25) is 9.59 Å². The third-order valence-electron chi connectivity index (χ3n) is 5.05. The lowest BCUT2D eigenvalue weighted by atomic mass is 9.88. The maximum absolute atomic E-state index is 12.1. The molecule has 0 amide bonds. The Morgan fingerprint density at radius 2 is 1.96 bits per heavy atom. The zero-order chi connectivity index (χ0) is 18.0. The van der Waals surface area contributed by atoms with Gasteiger partial charge >= 0.3 is 5.97 Å². The average Bonchev–Trinajstić information content (AvgIpc) is 2.87. The van der Waals surface area contributed by atoms with Crippen molar-refractivity contribution in [1.29, 1.82) is 0 Å². The molecule has 0 bridgehead atoms. The molecule has 0 aromatic rings. The number of aliphatic carboxylic acids is 1. The fourth-order valence-electron chi connectivity index (χ4n) is 3.48. The molecule has 24 heavy (non-hydrogen) atoms. The molecule has 1 aliphatic rings. The molecule has 1 fully saturated rings. The normalized spacial score (nSPS) is 23.7. The summed E-state index contributed by atoms with van der Waals surface area (Å²) in [5.41, 5.74) is -0.775. The molecule has 138 valence electrons. The molecule has 4 heteroatoms. The Morgan fingerprint density at radius 1 is 1.25 bits per heavy atom. The molecular formula is C20H34O4. The van der Waals surface area contributed by atoms with Gasteiger partial charge in [0.05, 0.1) is 5.60 Å². The molecule has 0 aromatic carbocycles. The van der Waals surface area contributed by atoms with Gasteiger partial charge in [-0.15, -0.1) is 0 Å². The van der Waals surface area contributed by atoms with Gasteiger partial charge in [-0.2, -0.15) is 0 Å². The summed E-state index contributed by atoms with van der Waals surface area (Å²) in [4.78, 5) is 22.6. The second-order valence-electron chi connectivity index (χ2n) is 7.44. The third-order valence-corrected chi connectivity index (χ3v) is 5.05. The highest BCUT2D eigenvalue weighted by atomic mass is 16.4. The predicted molar refractivity (Wildman–Crippen MR) is 95.8 cm³/mol. The number of rotatable bonds is 12. The van der Waals surface area contributed by atoms with Crippen LogP contribution in [0.2, 0.25) is 0 Å². The monoisotopic (exact) mass is 338 g/mol. The Hall–Kier alpha value is -1.16. The van der Waals surface area contributed by atoms with Gasteiger partial charge in [0.25, 0.3) is 0 Å². The lowest BCUT2D eigenvalue weighted by molar-refractivity contribution is -0.137. The first kappa shape index (κ1) is 20.9. The van der Waals surface area contributed by atoms with Crippen molar-refractivity contribution in [2.24, 2.45) is 11.8 Å². The molecule has 0 aliphatic heterocycles. The minimum absolute atomic E-state index is 0.0858. The number of carboxylic acids is 1. The molecule has 0 spiro atoms. The van der Waals surface area contributed by atoms with Crippen molar-refractivity contribution in [2.75, 3.05) is 0 Å². The standard InChI is InChI=1S/C20H34O4/c1-3-4-14-20(2,24)15-13-16-11-12-18(21)17(16)9-7-5-6-8-10-19(22)23/h13,15-17,24H,3-12,14H2,1-2H3,(H,22,23)/t16-,17-,20?/m0/s1. The summed E-state index contributed by atoms with van der Waals surface area (Å²) in [5.74, 6) is -0.0444. The number of aliphatic hydroxyl groups is 1. The maximum Gasteiger partial charge on any atom is 0.303 e. The van der Waals surface area contributed by atoms with Crippen LogP contribution in [0.25, 0.3) is 0 Å². The van der Waals surface area contributed by atoms with Crippen molar-refractivity contribution in [3.05, 3.63) is 12.2 Å². The molecular weight excluding hydrogens is 304 g/mol. The molecule has 2 N–H and O–H groups in total. The first-order chi connectivity index (χ1) is 11.4. The topological polar surface area (TPSA) is 74.6 Å². The van der Waals surface area contributed by atoms with Gasteiger partial charge in [-0.1, -0.05) is 51.2 Å². The second kappa shape index (κ2) is 10.7. The summed E-state index contributed by atoms with van der Waals surface area (Å²) in [6.07, 6.45) is 13.1. The van der Waals surface area contributed by atoms with E-state index < -0.39 is 11.6 Å². The van der Waals surface area contributed by atoms with Crippen LogP contribution in [0, 0.1) is 11.8 Å². The first-order valence-electron chi connectivity index (χ1n) is 9.52. The third kappa shape index (κ3) is 8.09. The van der Waals surface area contributed by atoms with Crippen LogP contribution in [-0.4, -0.2) is 27.6 Å². The van der Waals surface area contributed by atoms with E-state index in [-0.39, 0.29) is 18.3 Å². The van der Waals surface area contributed by atoms with Crippen molar-refractivity contribution in [1.82, 2.24) is 0 Å². The number of ketones is 1. The van der Waals surface area contributed by atoms with Crippen molar-refractivity contribution >= 4 is 11.8 Å². The number of carboxylic acid groups (broad SMARTS) is 1. The van der Waals surface area contributed by atoms with Crippen LogP contribution < -0.4 is 0 Å². The van der Waals surface area contributed by atoms with Crippen molar-refractivity contribution in [3.8, 4) is 0 Å². The highest BCUT2D eigenvalue weighted by Gasteiger charge is 2.32. The van der Waals surface area contributed by atoms with Gasteiger partial charge in [0.1, 0.15) is 5.78 Å². The van der Waals surface area contributed by atoms with Gasteiger partial charge in [0.15, 0.2) is 0 Å². The van der Waals surface area contributed by atoms with Crippen molar-refractivity contribution in [2.45, 2.75) is 90.1 Å². The van der Waals surface area contributed by atoms with E-state index in [0.717, 1.165) is 57.8 Å². The minimum Gasteiger partial charge on any atom is -0.481 e. The Labute approximate surface area is 146 Å². The highest BCUT2D eigenvalue weighted by Crippen LogP contribution is 2.34. The van der Waals surface area contributed by atoms with Crippen molar-refractivity contribution in [3.63, 3.8) is 0 Å². The van der Waals surface area contributed by atoms with Crippen LogP contribution >= 0.6 is 0 Å². The number of carbonyl (C=O) groups is 2. The number of unbranched alkanes of at least 4 members (excludes halogenated alkanes) is 4. The largest absolute Gasteiger partial charge is 0.481 e. The van der Waals surface area contributed by atoms with E-state index in [4.69, 9.17) is 5.11 Å². The molecule has 0 heterocycles. The summed E-state index contributed by atoms with van der Waals surface area (Å²) in [6, 6.07) is 0. The summed E-state index contributed by atoms with van der Waals surface area (Å²) < 4.78 is 0. The number of Topliss-reactive ketones (excluding diaryl/α,β-unsaturated/α-hetero) is 1. The number of hydrogen-bond acceptors (Lipinski definition) is 3. The molecule has 0 aromatic heterocycles. The molecule has 3 atom stereocenters. The Morgan fingerprint density at radius 3 is 2.62 bits per heavy atom. The van der Waals surface area contributed by atoms with Crippen LogP contribution in [0.4, 0.5) is 0 Å². The first-order valence-corrected chi connectivity index (χ1v) is 9.52. The smallest absolute Gasteiger partial charge is 0.303 e. The van der Waals surface area contributed by atoms with E-state index >= 15 is 0 Å². The average molecular weight is 338 g/mol. The summed E-state index contributed by atoms with van der Waals surface area (Å²) in [5, 5.41) is 19.0. The fraction of sp³-hybridized carbons (Fsp3) is 0.800. The zero-order valence-electron chi connectivity index (χ0n) is 15.3. The van der Waals surface area contributed by atoms with Crippen LogP contribution in [-0.2, 0) is 9.59 Å². The molecule has 1 unspecified atom stereocenters. The van der Waals surface area contributed by atoms with Gasteiger partial charge in [-0.25, -0.2) is 0 Å². The van der Waals surface area contributed by atoms with Gasteiger partial charge in [0.2, 0.25) is 0 Å². The van der Waals surface area contributed by atoms with E-state index in [9.17, 15) is 14.7 Å². The quantitative estimate of drug-likeness (QED) is 0.406. The lowest BCUT2D eigenvalue weighted by Gasteiger charge is -2.21. The van der Waals surface area contributed by atoms with E-state index in [0.29, 0.717) is 12.2 Å². The van der Waals surface area contributed by atoms with Gasteiger partial charge in [0, 0.05) is 18.8 Å². The molecule has 4 nitrogen and oxygen atoms in total. The summed E-state index contributed by atoms with van der Waals surface area (Å²) in [6.45, 7) is 3.95. The Balaban J connectivity index is 2.38. The van der Waals surface area contributed by atoms with E-state index in [2.05, 4.69) is 13.0 Å². The maximum atomic E-state index is 12.1. The Kier molecular flexibility index (Phi) is 9.27.